The van der Waals surface area contributed by atoms with Gasteiger partial charge in [0.05, 0.1) is 0 Å². The van der Waals surface area contributed by atoms with Crippen LogP contribution in [0.3, 0.4) is 0 Å². The molecule has 3 heteroatoms. The number of hydrogen-bond acceptors (Lipinski definition) is 0. The summed E-state index contributed by atoms with van der Waals surface area (Å²) in [6, 6.07) is 0. The van der Waals surface area contributed by atoms with Gasteiger partial charge in [-0.05, 0) is 0 Å². The molecule has 0 saturated heterocycles. The average molecular weight is 349 g/mol. The summed E-state index contributed by atoms with van der Waals surface area (Å²) in [5.74, 6) is 0. The Labute approximate surface area is 73.7 Å². The Bertz CT molecular complexity index is 34.8. The first-order chi connectivity index (χ1) is 4.41. The second kappa shape index (κ2) is 9.27. The van der Waals surface area contributed by atoms with E-state index in [9.17, 15) is 0 Å². The summed E-state index contributed by atoms with van der Waals surface area (Å²) in [5, 5.41) is 0. The molecule has 0 aliphatic heterocycles. The fourth-order valence-corrected chi connectivity index (χ4v) is 0.898. The van der Waals surface area contributed by atoms with Crippen LogP contribution >= 0.6 is 18.8 Å². The van der Waals surface area contributed by atoms with E-state index in [0.717, 1.165) is 0 Å². The molecule has 60 valence electrons. The second-order valence-corrected chi connectivity index (χ2v) is 5.25. The van der Waals surface area contributed by atoms with E-state index in [4.69, 9.17) is 18.8 Å². The molecule has 0 amide bonds. The molecule has 0 spiro atoms. The summed E-state index contributed by atoms with van der Waals surface area (Å²) >= 11 is -0.472. The van der Waals surface area contributed by atoms with E-state index in [2.05, 4.69) is 6.42 Å². The maximum absolute atomic E-state index is 4.88. The second-order valence-electron chi connectivity index (χ2n) is 1.97. The topological polar surface area (TPSA) is 0 Å². The first-order valence-corrected chi connectivity index (χ1v) is 8.69. The van der Waals surface area contributed by atoms with E-state index < -0.39 is 16.5 Å². The van der Waals surface area contributed by atoms with Crippen molar-refractivity contribution in [3.63, 3.8) is 0 Å². The van der Waals surface area contributed by atoms with Gasteiger partial charge in [0.15, 0.2) is 0 Å². The van der Waals surface area contributed by atoms with Crippen molar-refractivity contribution in [3.05, 3.63) is 6.42 Å². The van der Waals surface area contributed by atoms with Crippen molar-refractivity contribution in [3.8, 4) is 0 Å². The van der Waals surface area contributed by atoms with E-state index in [-0.39, 0.29) is 0 Å². The van der Waals surface area contributed by atoms with Crippen molar-refractivity contribution in [1.82, 2.24) is 0 Å². The molecule has 1 aliphatic rings. The van der Waals surface area contributed by atoms with Crippen LogP contribution in [0, 0.1) is 6.42 Å². The standard InChI is InChI=1S/C6H11.2ClH.Pt/c1-2-4-6-5-3-1;;;/h1H,2-6H2;2*1H;/q-1;;;+2/p-2. The summed E-state index contributed by atoms with van der Waals surface area (Å²) < 4.78 is 0. The Morgan fingerprint density at radius 1 is 1.00 bits per heavy atom. The van der Waals surface area contributed by atoms with Crippen LogP contribution < -0.4 is 0 Å². The molecule has 1 saturated carbocycles. The minimum atomic E-state index is -0.472. The van der Waals surface area contributed by atoms with E-state index in [1.165, 1.54) is 32.1 Å². The fraction of sp³-hybridized carbons (Fsp3) is 0.833. The SMILES string of the molecule is [CH-]1CCCCC1.[Cl][Pt][Cl]. The predicted octanol–water partition coefficient (Wildman–Crippen LogP) is 3.53. The number of halogens is 2. The van der Waals surface area contributed by atoms with E-state index >= 15 is 0 Å². The summed E-state index contributed by atoms with van der Waals surface area (Å²) in [7, 11) is 9.75. The Morgan fingerprint density at radius 3 is 1.56 bits per heavy atom. The zero-order valence-electron chi connectivity index (χ0n) is 5.19. The van der Waals surface area contributed by atoms with Crippen molar-refractivity contribution in [2.75, 3.05) is 0 Å². The summed E-state index contributed by atoms with van der Waals surface area (Å²) in [6.07, 6.45) is 9.50. The molecule has 0 radical (unpaired) electrons. The van der Waals surface area contributed by atoms with Crippen LogP contribution in [0.5, 0.6) is 0 Å². The van der Waals surface area contributed by atoms with Crippen LogP contribution in [0.4, 0.5) is 0 Å². The molecule has 0 aromatic rings. The Morgan fingerprint density at radius 2 is 1.44 bits per heavy atom. The van der Waals surface area contributed by atoms with E-state index in [1.807, 2.05) is 0 Å². The molecule has 0 atom stereocenters. The van der Waals surface area contributed by atoms with E-state index in [0.29, 0.717) is 0 Å². The molecule has 0 aromatic heterocycles. The summed E-state index contributed by atoms with van der Waals surface area (Å²) in [6.45, 7) is 0. The first kappa shape index (κ1) is 10.3. The zero-order chi connectivity index (χ0) is 6.95. The molecule has 0 bridgehead atoms. The third-order valence-corrected chi connectivity index (χ3v) is 1.32. The third kappa shape index (κ3) is 9.27. The molecule has 1 rings (SSSR count). The van der Waals surface area contributed by atoms with Gasteiger partial charge in [-0.25, -0.2) is 0 Å². The van der Waals surface area contributed by atoms with Crippen LogP contribution in [0.2, 0.25) is 0 Å². The average Bonchev–Trinajstić information content (AvgIpc) is 1.93. The monoisotopic (exact) mass is 348 g/mol. The molecule has 1 aliphatic carbocycles. The molecule has 0 heterocycles. The van der Waals surface area contributed by atoms with Gasteiger partial charge >= 0.3 is 35.3 Å². The normalized spacial score (nSPS) is 18.4. The fourth-order valence-electron chi connectivity index (χ4n) is 0.898. The van der Waals surface area contributed by atoms with Crippen molar-refractivity contribution in [2.24, 2.45) is 0 Å². The summed E-state index contributed by atoms with van der Waals surface area (Å²) in [5.41, 5.74) is 0. The Kier molecular flexibility index (Phi) is 10.6. The van der Waals surface area contributed by atoms with Gasteiger partial charge in [0.2, 0.25) is 0 Å². The van der Waals surface area contributed by atoms with Gasteiger partial charge in [-0.1, -0.05) is 19.3 Å². The first-order valence-electron chi connectivity index (χ1n) is 3.06. The Balaban J connectivity index is 0.000000187. The molecule has 1 fully saturated rings. The van der Waals surface area contributed by atoms with Crippen LogP contribution in [0.15, 0.2) is 0 Å². The van der Waals surface area contributed by atoms with Crippen molar-refractivity contribution in [1.29, 1.82) is 0 Å². The molecular weight excluding hydrogens is 338 g/mol. The molecular formula is C6H11Cl2Pt-. The van der Waals surface area contributed by atoms with Gasteiger partial charge in [-0.2, -0.15) is 12.8 Å². The number of rotatable bonds is 0. The Hall–Kier alpha value is 1.27. The van der Waals surface area contributed by atoms with Gasteiger partial charge in [0.25, 0.3) is 0 Å². The predicted molar refractivity (Wildman–Crippen MR) is 39.1 cm³/mol. The van der Waals surface area contributed by atoms with Gasteiger partial charge in [0.1, 0.15) is 0 Å². The molecule has 0 nitrogen and oxygen atoms in total. The van der Waals surface area contributed by atoms with Crippen molar-refractivity contribution in [2.45, 2.75) is 32.1 Å². The molecule has 0 aromatic carbocycles. The number of hydrogen-bond donors (Lipinski definition) is 0. The van der Waals surface area contributed by atoms with Gasteiger partial charge in [-0.15, -0.1) is 0 Å². The van der Waals surface area contributed by atoms with E-state index in [1.54, 1.807) is 0 Å². The zero-order valence-corrected chi connectivity index (χ0v) is 8.97. The van der Waals surface area contributed by atoms with Crippen LogP contribution in [-0.2, 0) is 16.5 Å². The van der Waals surface area contributed by atoms with Gasteiger partial charge in [0, 0.05) is 0 Å². The van der Waals surface area contributed by atoms with Crippen molar-refractivity contribution < 1.29 is 16.5 Å². The third-order valence-electron chi connectivity index (χ3n) is 1.32. The van der Waals surface area contributed by atoms with Crippen LogP contribution in [0.1, 0.15) is 32.1 Å². The van der Waals surface area contributed by atoms with Crippen LogP contribution in [0.25, 0.3) is 0 Å². The quantitative estimate of drug-likeness (QED) is 0.587. The molecule has 0 unspecified atom stereocenters. The maximum atomic E-state index is 4.88. The summed E-state index contributed by atoms with van der Waals surface area (Å²) in [4.78, 5) is 0. The minimum absolute atomic E-state index is 0.472. The van der Waals surface area contributed by atoms with Gasteiger partial charge in [-0.3, -0.25) is 0 Å². The van der Waals surface area contributed by atoms with Crippen molar-refractivity contribution >= 4 is 18.8 Å². The molecule has 0 N–H and O–H groups in total. The van der Waals surface area contributed by atoms with Gasteiger partial charge < -0.3 is 6.42 Å². The van der Waals surface area contributed by atoms with Crippen LogP contribution in [-0.4, -0.2) is 0 Å². The molecule has 9 heavy (non-hydrogen) atoms.